The molecule has 0 spiro atoms. The first-order valence-electron chi connectivity index (χ1n) is 7.26. The lowest BCUT2D eigenvalue weighted by molar-refractivity contribution is 0.0470. The van der Waals surface area contributed by atoms with Crippen molar-refractivity contribution in [2.45, 2.75) is 12.5 Å². The average Bonchev–Trinajstić information content (AvgIpc) is 3.23. The number of nitrogens with zero attached hydrogens (tertiary/aromatic N) is 2. The molecule has 0 fully saturated rings. The number of oxime groups is 1. The minimum absolute atomic E-state index is 0.172. The van der Waals surface area contributed by atoms with Crippen LogP contribution in [0, 0.1) is 0 Å². The van der Waals surface area contributed by atoms with Crippen LogP contribution in [0.5, 0.6) is 5.75 Å². The van der Waals surface area contributed by atoms with Crippen LogP contribution in [0.1, 0.15) is 6.42 Å². The van der Waals surface area contributed by atoms with Crippen molar-refractivity contribution in [3.63, 3.8) is 0 Å². The first-order valence-corrected chi connectivity index (χ1v) is 7.26. The van der Waals surface area contributed by atoms with Gasteiger partial charge in [0, 0.05) is 18.8 Å². The summed E-state index contributed by atoms with van der Waals surface area (Å²) in [5, 5.41) is 14.7. The Labute approximate surface area is 133 Å². The van der Waals surface area contributed by atoms with Gasteiger partial charge in [-0.2, -0.15) is 0 Å². The zero-order valence-electron chi connectivity index (χ0n) is 12.4. The molecule has 1 aromatic carbocycles. The van der Waals surface area contributed by atoms with Gasteiger partial charge >= 0.3 is 6.09 Å². The molecular formula is C16H17N3O4. The van der Waals surface area contributed by atoms with Crippen molar-refractivity contribution in [3.05, 3.63) is 48.8 Å². The second-order valence-electron chi connectivity index (χ2n) is 5.12. The maximum absolute atomic E-state index is 10.5. The van der Waals surface area contributed by atoms with E-state index >= 15 is 0 Å². The lowest BCUT2D eigenvalue weighted by atomic mass is 10.2. The maximum atomic E-state index is 10.5. The summed E-state index contributed by atoms with van der Waals surface area (Å²) in [6.45, 7) is 0.518. The first kappa shape index (κ1) is 15.0. The second-order valence-corrected chi connectivity index (χ2v) is 5.12. The molecule has 0 radical (unpaired) electrons. The fourth-order valence-corrected chi connectivity index (χ4v) is 2.33. The van der Waals surface area contributed by atoms with Gasteiger partial charge in [0.2, 0.25) is 0 Å². The van der Waals surface area contributed by atoms with E-state index in [4.69, 9.17) is 14.7 Å². The maximum Gasteiger partial charge on any atom is 0.404 e. The summed E-state index contributed by atoms with van der Waals surface area (Å²) in [5.41, 5.74) is 1.61. The Morgan fingerprint density at radius 2 is 2.13 bits per heavy atom. The molecule has 0 saturated carbocycles. The van der Waals surface area contributed by atoms with Gasteiger partial charge in [-0.25, -0.2) is 4.79 Å². The number of carbonyl (C=O) groups is 1. The molecule has 0 saturated heterocycles. The van der Waals surface area contributed by atoms with E-state index in [0.717, 1.165) is 11.4 Å². The van der Waals surface area contributed by atoms with Gasteiger partial charge in [-0.15, -0.1) is 0 Å². The van der Waals surface area contributed by atoms with Crippen LogP contribution in [-0.2, 0) is 4.84 Å². The number of hydrogen-bond acceptors (Lipinski definition) is 4. The van der Waals surface area contributed by atoms with E-state index in [0.29, 0.717) is 18.7 Å². The van der Waals surface area contributed by atoms with E-state index in [9.17, 15) is 4.79 Å². The Balaban J connectivity index is 1.55. The van der Waals surface area contributed by atoms with Crippen molar-refractivity contribution in [1.29, 1.82) is 0 Å². The highest BCUT2D eigenvalue weighted by Gasteiger charge is 2.22. The smallest absolute Gasteiger partial charge is 0.404 e. The van der Waals surface area contributed by atoms with Gasteiger partial charge in [0.25, 0.3) is 0 Å². The Bertz CT molecular complexity index is 697. The Hall–Kier alpha value is -2.96. The highest BCUT2D eigenvalue weighted by Crippen LogP contribution is 2.23. The van der Waals surface area contributed by atoms with E-state index in [2.05, 4.69) is 10.5 Å². The van der Waals surface area contributed by atoms with Gasteiger partial charge in [0.15, 0.2) is 6.10 Å². The van der Waals surface area contributed by atoms with E-state index < -0.39 is 6.09 Å². The standard InChI is InChI=1S/C16H17N3O4/c20-16(21)17-10-12-9-13(23-18-12)11-22-15-6-2-1-5-14(15)19-7-3-4-8-19/h1-8,13,17H,9-11H2,(H,20,21). The molecule has 1 unspecified atom stereocenters. The molecule has 0 bridgehead atoms. The van der Waals surface area contributed by atoms with E-state index in [1.165, 1.54) is 0 Å². The molecule has 7 nitrogen and oxygen atoms in total. The van der Waals surface area contributed by atoms with Gasteiger partial charge in [-0.3, -0.25) is 0 Å². The van der Waals surface area contributed by atoms with E-state index in [1.54, 1.807) is 0 Å². The molecule has 23 heavy (non-hydrogen) atoms. The van der Waals surface area contributed by atoms with E-state index in [1.807, 2.05) is 53.4 Å². The fraction of sp³-hybridized carbons (Fsp3) is 0.250. The Morgan fingerprint density at radius 1 is 1.35 bits per heavy atom. The minimum atomic E-state index is -1.08. The SMILES string of the molecule is O=C(O)NCC1=NOC(COc2ccccc2-n2cccc2)C1. The second kappa shape index (κ2) is 6.87. The molecule has 3 rings (SSSR count). The van der Waals surface area contributed by atoms with Crippen molar-refractivity contribution in [1.82, 2.24) is 9.88 Å². The highest BCUT2D eigenvalue weighted by molar-refractivity contribution is 5.89. The fourth-order valence-electron chi connectivity index (χ4n) is 2.33. The van der Waals surface area contributed by atoms with Crippen LogP contribution in [0.25, 0.3) is 5.69 Å². The summed E-state index contributed by atoms with van der Waals surface area (Å²) in [7, 11) is 0. The number of aromatic nitrogens is 1. The van der Waals surface area contributed by atoms with Gasteiger partial charge in [-0.1, -0.05) is 17.3 Å². The molecule has 0 aliphatic carbocycles. The summed E-state index contributed by atoms with van der Waals surface area (Å²) in [6, 6.07) is 11.6. The number of hydrogen-bond donors (Lipinski definition) is 2. The third kappa shape index (κ3) is 3.82. The number of ether oxygens (including phenoxy) is 1. The third-order valence-electron chi connectivity index (χ3n) is 3.41. The van der Waals surface area contributed by atoms with Crippen molar-refractivity contribution >= 4 is 11.8 Å². The minimum Gasteiger partial charge on any atom is -0.487 e. The number of nitrogens with one attached hydrogen (secondary N) is 1. The largest absolute Gasteiger partial charge is 0.487 e. The van der Waals surface area contributed by atoms with Gasteiger partial charge in [0.1, 0.15) is 12.4 Å². The number of carboxylic acid groups (broad SMARTS) is 1. The summed E-state index contributed by atoms with van der Waals surface area (Å²) in [4.78, 5) is 15.7. The van der Waals surface area contributed by atoms with Crippen molar-refractivity contribution in [3.8, 4) is 11.4 Å². The lowest BCUT2D eigenvalue weighted by Gasteiger charge is -2.14. The van der Waals surface area contributed by atoms with Gasteiger partial charge < -0.3 is 24.6 Å². The normalized spacial score (nSPS) is 16.5. The molecule has 2 heterocycles. The highest BCUT2D eigenvalue weighted by atomic mass is 16.7. The molecule has 120 valence electrons. The molecule has 1 aliphatic rings. The number of benzene rings is 1. The molecule has 1 aromatic heterocycles. The Kier molecular flexibility index (Phi) is 4.46. The topological polar surface area (TPSA) is 85.1 Å². The number of amides is 1. The molecule has 2 N–H and O–H groups in total. The monoisotopic (exact) mass is 315 g/mol. The first-order chi connectivity index (χ1) is 11.2. The molecule has 7 heteroatoms. The van der Waals surface area contributed by atoms with Crippen LogP contribution in [0.4, 0.5) is 4.79 Å². The van der Waals surface area contributed by atoms with Crippen molar-refractivity contribution < 1.29 is 19.5 Å². The number of para-hydroxylation sites is 2. The summed E-state index contributed by atoms with van der Waals surface area (Å²) < 4.78 is 7.84. The van der Waals surface area contributed by atoms with Crippen molar-refractivity contribution in [2.75, 3.05) is 13.2 Å². The van der Waals surface area contributed by atoms with Gasteiger partial charge in [0.05, 0.1) is 17.9 Å². The molecule has 1 aliphatic heterocycles. The quantitative estimate of drug-likeness (QED) is 0.856. The summed E-state index contributed by atoms with van der Waals surface area (Å²) in [6.07, 6.45) is 3.16. The van der Waals surface area contributed by atoms with Crippen LogP contribution in [-0.4, -0.2) is 40.7 Å². The van der Waals surface area contributed by atoms with Crippen LogP contribution < -0.4 is 10.1 Å². The van der Waals surface area contributed by atoms with Gasteiger partial charge in [-0.05, 0) is 24.3 Å². The molecule has 2 aromatic rings. The zero-order chi connectivity index (χ0) is 16.1. The number of rotatable bonds is 6. The van der Waals surface area contributed by atoms with Crippen molar-refractivity contribution in [2.24, 2.45) is 5.16 Å². The van der Waals surface area contributed by atoms with Crippen LogP contribution >= 0.6 is 0 Å². The summed E-state index contributed by atoms with van der Waals surface area (Å²) in [5.74, 6) is 0.754. The molecule has 1 amide bonds. The predicted molar refractivity (Wildman–Crippen MR) is 84.2 cm³/mol. The van der Waals surface area contributed by atoms with Crippen LogP contribution in [0.2, 0.25) is 0 Å². The molecule has 1 atom stereocenters. The Morgan fingerprint density at radius 3 is 2.91 bits per heavy atom. The van der Waals surface area contributed by atoms with Crippen LogP contribution in [0.3, 0.4) is 0 Å². The lowest BCUT2D eigenvalue weighted by Crippen LogP contribution is -2.28. The van der Waals surface area contributed by atoms with E-state index in [-0.39, 0.29) is 12.6 Å². The zero-order valence-corrected chi connectivity index (χ0v) is 12.4. The predicted octanol–water partition coefficient (Wildman–Crippen LogP) is 2.27. The third-order valence-corrected chi connectivity index (χ3v) is 3.41. The molecular weight excluding hydrogens is 298 g/mol. The average molecular weight is 315 g/mol. The van der Waals surface area contributed by atoms with Crippen LogP contribution in [0.15, 0.2) is 53.9 Å². The summed E-state index contributed by atoms with van der Waals surface area (Å²) >= 11 is 0.